The first-order chi connectivity index (χ1) is 6.13. The lowest BCUT2D eigenvalue weighted by Gasteiger charge is -2.13. The molecule has 1 unspecified atom stereocenters. The summed E-state index contributed by atoms with van der Waals surface area (Å²) in [4.78, 5) is 22.9. The highest BCUT2D eigenvalue weighted by Gasteiger charge is 2.25. The molecular weight excluding hydrogens is 172 g/mol. The molecule has 1 rings (SSSR count). The number of hydrogen-bond acceptors (Lipinski definition) is 2. The Morgan fingerprint density at radius 3 is 2.85 bits per heavy atom. The third-order valence-electron chi connectivity index (χ3n) is 2.00. The number of rotatable bonds is 2. The van der Waals surface area contributed by atoms with E-state index in [1.54, 1.807) is 4.90 Å². The Hall–Kier alpha value is -1.52. The molecule has 0 aromatic heterocycles. The normalized spacial score (nSPS) is 21.2. The van der Waals surface area contributed by atoms with E-state index in [0.717, 1.165) is 0 Å². The summed E-state index contributed by atoms with van der Waals surface area (Å²) in [7, 11) is 0. The predicted molar refractivity (Wildman–Crippen MR) is 46.3 cm³/mol. The molecule has 72 valence electrons. The van der Waals surface area contributed by atoms with E-state index < -0.39 is 6.09 Å². The highest BCUT2D eigenvalue weighted by molar-refractivity contribution is 5.87. The fraction of sp³-hybridized carbons (Fsp3) is 0.500. The molecule has 5 heteroatoms. The van der Waals surface area contributed by atoms with Gasteiger partial charge in [0.05, 0.1) is 6.04 Å². The molecule has 1 saturated heterocycles. The number of carboxylic acid groups (broad SMARTS) is 1. The molecule has 0 aromatic carbocycles. The summed E-state index contributed by atoms with van der Waals surface area (Å²) in [5, 5.41) is 10.8. The van der Waals surface area contributed by atoms with E-state index in [-0.39, 0.29) is 11.9 Å². The Balaban J connectivity index is 2.40. The number of carbonyl (C=O) groups is 2. The van der Waals surface area contributed by atoms with Gasteiger partial charge in [-0.2, -0.15) is 0 Å². The van der Waals surface area contributed by atoms with Crippen LogP contribution in [-0.2, 0) is 4.79 Å². The van der Waals surface area contributed by atoms with Crippen LogP contribution in [0.1, 0.15) is 6.42 Å². The van der Waals surface area contributed by atoms with E-state index in [0.29, 0.717) is 19.5 Å². The highest BCUT2D eigenvalue weighted by Crippen LogP contribution is 2.09. The first kappa shape index (κ1) is 9.57. The second kappa shape index (κ2) is 3.93. The van der Waals surface area contributed by atoms with Gasteiger partial charge in [-0.25, -0.2) is 4.79 Å². The molecule has 1 heterocycles. The van der Waals surface area contributed by atoms with Gasteiger partial charge in [-0.15, -0.1) is 0 Å². The molecule has 2 N–H and O–H groups in total. The number of hydrogen-bond donors (Lipinski definition) is 2. The second-order valence-corrected chi connectivity index (χ2v) is 2.92. The molecule has 0 aliphatic carbocycles. The molecule has 1 fully saturated rings. The quantitative estimate of drug-likeness (QED) is 0.595. The van der Waals surface area contributed by atoms with Crippen LogP contribution in [0.5, 0.6) is 0 Å². The molecule has 1 aliphatic heterocycles. The number of nitrogens with zero attached hydrogens (tertiary/aromatic N) is 1. The van der Waals surface area contributed by atoms with Crippen LogP contribution >= 0.6 is 0 Å². The van der Waals surface area contributed by atoms with E-state index in [2.05, 4.69) is 11.9 Å². The molecule has 5 nitrogen and oxygen atoms in total. The summed E-state index contributed by atoms with van der Waals surface area (Å²) in [6.07, 6.45) is 0.868. The summed E-state index contributed by atoms with van der Waals surface area (Å²) in [6.45, 7) is 4.40. The van der Waals surface area contributed by atoms with Crippen molar-refractivity contribution in [3.8, 4) is 0 Å². The number of amides is 2. The van der Waals surface area contributed by atoms with Gasteiger partial charge in [-0.05, 0) is 12.5 Å². The molecule has 0 aromatic rings. The Kier molecular flexibility index (Phi) is 2.89. The molecule has 0 bridgehead atoms. The Bertz CT molecular complexity index is 240. The van der Waals surface area contributed by atoms with Crippen molar-refractivity contribution in [1.82, 2.24) is 10.2 Å². The van der Waals surface area contributed by atoms with Crippen LogP contribution < -0.4 is 5.32 Å². The molecule has 0 saturated carbocycles. The van der Waals surface area contributed by atoms with Gasteiger partial charge in [-0.1, -0.05) is 6.58 Å². The third kappa shape index (κ3) is 2.47. The maximum Gasteiger partial charge on any atom is 0.404 e. The Labute approximate surface area is 76.0 Å². The largest absolute Gasteiger partial charge is 0.465 e. The maximum atomic E-state index is 11.1. The molecule has 1 atom stereocenters. The monoisotopic (exact) mass is 184 g/mol. The van der Waals surface area contributed by atoms with Crippen LogP contribution in [0.2, 0.25) is 0 Å². The van der Waals surface area contributed by atoms with E-state index in [1.165, 1.54) is 6.08 Å². The number of carbonyl (C=O) groups excluding carboxylic acids is 1. The molecule has 13 heavy (non-hydrogen) atoms. The van der Waals surface area contributed by atoms with Crippen molar-refractivity contribution in [2.75, 3.05) is 13.1 Å². The molecule has 0 radical (unpaired) electrons. The molecular formula is C8H12N2O3. The number of nitrogens with one attached hydrogen (secondary N) is 1. The minimum atomic E-state index is -1.04. The standard InChI is InChI=1S/C8H12N2O3/c1-2-7(11)10-4-3-6(5-10)9-8(12)13/h2,6,9H,1,3-5H2,(H,12,13). The fourth-order valence-electron chi connectivity index (χ4n) is 1.38. The van der Waals surface area contributed by atoms with Crippen molar-refractivity contribution in [2.45, 2.75) is 12.5 Å². The Morgan fingerprint density at radius 1 is 1.62 bits per heavy atom. The highest BCUT2D eigenvalue weighted by atomic mass is 16.4. The summed E-state index contributed by atoms with van der Waals surface area (Å²) >= 11 is 0. The Morgan fingerprint density at radius 2 is 2.31 bits per heavy atom. The van der Waals surface area contributed by atoms with Gasteiger partial charge in [0.1, 0.15) is 0 Å². The summed E-state index contributed by atoms with van der Waals surface area (Å²) in [5.41, 5.74) is 0. The van der Waals surface area contributed by atoms with Crippen LogP contribution in [0, 0.1) is 0 Å². The van der Waals surface area contributed by atoms with Crippen molar-refractivity contribution in [3.63, 3.8) is 0 Å². The van der Waals surface area contributed by atoms with Crippen molar-refractivity contribution in [3.05, 3.63) is 12.7 Å². The lowest BCUT2D eigenvalue weighted by Crippen LogP contribution is -2.37. The van der Waals surface area contributed by atoms with Gasteiger partial charge in [0.15, 0.2) is 0 Å². The van der Waals surface area contributed by atoms with Crippen molar-refractivity contribution in [2.24, 2.45) is 0 Å². The van der Waals surface area contributed by atoms with E-state index >= 15 is 0 Å². The average Bonchev–Trinajstić information content (AvgIpc) is 2.50. The first-order valence-electron chi connectivity index (χ1n) is 4.04. The zero-order valence-electron chi connectivity index (χ0n) is 7.19. The van der Waals surface area contributed by atoms with Crippen LogP contribution in [0.15, 0.2) is 12.7 Å². The number of likely N-dealkylation sites (tertiary alicyclic amines) is 1. The van der Waals surface area contributed by atoms with Gasteiger partial charge in [-0.3, -0.25) is 4.79 Å². The lowest BCUT2D eigenvalue weighted by molar-refractivity contribution is -0.125. The van der Waals surface area contributed by atoms with Crippen LogP contribution in [0.3, 0.4) is 0 Å². The van der Waals surface area contributed by atoms with Crippen LogP contribution in [0.4, 0.5) is 4.79 Å². The van der Waals surface area contributed by atoms with E-state index in [4.69, 9.17) is 5.11 Å². The zero-order valence-corrected chi connectivity index (χ0v) is 7.19. The minimum absolute atomic E-state index is 0.138. The lowest BCUT2D eigenvalue weighted by atomic mass is 10.3. The maximum absolute atomic E-state index is 11.1. The zero-order chi connectivity index (χ0) is 9.84. The topological polar surface area (TPSA) is 69.6 Å². The fourth-order valence-corrected chi connectivity index (χ4v) is 1.38. The van der Waals surface area contributed by atoms with Crippen LogP contribution in [0.25, 0.3) is 0 Å². The summed E-state index contributed by atoms with van der Waals surface area (Å²) in [5.74, 6) is -0.144. The minimum Gasteiger partial charge on any atom is -0.465 e. The molecule has 2 amide bonds. The summed E-state index contributed by atoms with van der Waals surface area (Å²) in [6, 6.07) is -0.138. The SMILES string of the molecule is C=CC(=O)N1CCC(NC(=O)O)C1. The van der Waals surface area contributed by atoms with Gasteiger partial charge in [0, 0.05) is 13.1 Å². The molecule has 0 spiro atoms. The summed E-state index contributed by atoms with van der Waals surface area (Å²) < 4.78 is 0. The smallest absolute Gasteiger partial charge is 0.404 e. The second-order valence-electron chi connectivity index (χ2n) is 2.92. The average molecular weight is 184 g/mol. The van der Waals surface area contributed by atoms with Gasteiger partial charge in [0.2, 0.25) is 5.91 Å². The van der Waals surface area contributed by atoms with E-state index in [1.807, 2.05) is 0 Å². The van der Waals surface area contributed by atoms with Gasteiger partial charge >= 0.3 is 6.09 Å². The first-order valence-corrected chi connectivity index (χ1v) is 4.04. The van der Waals surface area contributed by atoms with Gasteiger partial charge < -0.3 is 15.3 Å². The molecule has 1 aliphatic rings. The third-order valence-corrected chi connectivity index (χ3v) is 2.00. The van der Waals surface area contributed by atoms with Gasteiger partial charge in [0.25, 0.3) is 0 Å². The predicted octanol–water partition coefficient (Wildman–Crippen LogP) is 0.0409. The van der Waals surface area contributed by atoms with E-state index in [9.17, 15) is 9.59 Å². The van der Waals surface area contributed by atoms with Crippen molar-refractivity contribution < 1.29 is 14.7 Å². The van der Waals surface area contributed by atoms with Crippen molar-refractivity contribution in [1.29, 1.82) is 0 Å². The van der Waals surface area contributed by atoms with Crippen LogP contribution in [-0.4, -0.2) is 41.1 Å². The van der Waals surface area contributed by atoms with Crippen molar-refractivity contribution >= 4 is 12.0 Å².